The minimum Gasteiger partial charge on any atom is -0.462 e. The van der Waals surface area contributed by atoms with Crippen LogP contribution in [0.25, 0.3) is 0 Å². The molecule has 0 saturated heterocycles. The molecule has 0 aromatic carbocycles. The van der Waals surface area contributed by atoms with Crippen molar-refractivity contribution in [3.05, 3.63) is 0 Å². The fourth-order valence-electron chi connectivity index (χ4n) is 8.29. The lowest BCUT2D eigenvalue weighted by Gasteiger charge is -2.18. The van der Waals surface area contributed by atoms with Crippen LogP contribution in [-0.2, 0) is 28.6 Å². The van der Waals surface area contributed by atoms with Gasteiger partial charge < -0.3 is 14.2 Å². The molecule has 0 heterocycles. The Morgan fingerprint density at radius 2 is 0.475 bits per heavy atom. The number of carbonyl (C=O) groups excluding carboxylic acids is 3. The molecular formula is C55H106O6. The lowest BCUT2D eigenvalue weighted by molar-refractivity contribution is -0.167. The standard InChI is InChI=1S/C55H106O6/c1-49(2)41-35-29-23-17-13-9-7-8-10-15-19-26-32-38-44-53(56)59-47-52(61-55(58)46-40-34-28-22-21-25-31-37-43-51(5)6)48-60-54(57)45-39-33-27-20-16-12-11-14-18-24-30-36-42-50(3)4/h49-52H,7-48H2,1-6H3/t52-/m0/s1. The summed E-state index contributed by atoms with van der Waals surface area (Å²) < 4.78 is 16.8. The first-order chi connectivity index (χ1) is 29.6. The van der Waals surface area contributed by atoms with Gasteiger partial charge in [0.2, 0.25) is 0 Å². The third kappa shape index (κ3) is 49.3. The highest BCUT2D eigenvalue weighted by Crippen LogP contribution is 2.18. The summed E-state index contributed by atoms with van der Waals surface area (Å²) in [7, 11) is 0. The summed E-state index contributed by atoms with van der Waals surface area (Å²) in [6.45, 7) is 13.7. The summed E-state index contributed by atoms with van der Waals surface area (Å²) in [5, 5.41) is 0. The van der Waals surface area contributed by atoms with Gasteiger partial charge in [-0.1, -0.05) is 260 Å². The molecule has 0 aromatic rings. The Labute approximate surface area is 380 Å². The smallest absolute Gasteiger partial charge is 0.306 e. The summed E-state index contributed by atoms with van der Waals surface area (Å²) in [6, 6.07) is 0. The largest absolute Gasteiger partial charge is 0.462 e. The molecule has 0 aromatic heterocycles. The average molecular weight is 863 g/mol. The summed E-state index contributed by atoms with van der Waals surface area (Å²) in [5.41, 5.74) is 0. The van der Waals surface area contributed by atoms with Crippen LogP contribution in [0.15, 0.2) is 0 Å². The van der Waals surface area contributed by atoms with Crippen LogP contribution in [0.5, 0.6) is 0 Å². The second-order valence-electron chi connectivity index (χ2n) is 20.3. The van der Waals surface area contributed by atoms with Crippen LogP contribution in [0.2, 0.25) is 0 Å². The number of rotatable bonds is 48. The molecule has 6 nitrogen and oxygen atoms in total. The molecule has 61 heavy (non-hydrogen) atoms. The van der Waals surface area contributed by atoms with Crippen molar-refractivity contribution in [2.24, 2.45) is 17.8 Å². The van der Waals surface area contributed by atoms with E-state index < -0.39 is 6.10 Å². The van der Waals surface area contributed by atoms with E-state index in [1.165, 1.54) is 180 Å². The molecule has 0 N–H and O–H groups in total. The molecule has 0 aliphatic carbocycles. The van der Waals surface area contributed by atoms with Crippen LogP contribution >= 0.6 is 0 Å². The fraction of sp³-hybridized carbons (Fsp3) is 0.945. The van der Waals surface area contributed by atoms with Gasteiger partial charge in [0.1, 0.15) is 13.2 Å². The van der Waals surface area contributed by atoms with Gasteiger partial charge >= 0.3 is 17.9 Å². The molecule has 0 unspecified atom stereocenters. The van der Waals surface area contributed by atoms with Crippen LogP contribution in [-0.4, -0.2) is 37.2 Å². The average Bonchev–Trinajstić information content (AvgIpc) is 3.22. The molecule has 0 fully saturated rings. The molecule has 0 radical (unpaired) electrons. The van der Waals surface area contributed by atoms with Crippen molar-refractivity contribution in [3.8, 4) is 0 Å². The molecule has 0 aliphatic rings. The third-order valence-electron chi connectivity index (χ3n) is 12.4. The van der Waals surface area contributed by atoms with Gasteiger partial charge in [0.05, 0.1) is 0 Å². The summed E-state index contributed by atoms with van der Waals surface area (Å²) in [4.78, 5) is 38.0. The molecular weight excluding hydrogens is 757 g/mol. The molecule has 0 saturated carbocycles. The first-order valence-electron chi connectivity index (χ1n) is 27.1. The zero-order chi connectivity index (χ0) is 44.9. The van der Waals surface area contributed by atoms with Gasteiger partial charge in [0, 0.05) is 19.3 Å². The number of hydrogen-bond acceptors (Lipinski definition) is 6. The van der Waals surface area contributed by atoms with E-state index in [4.69, 9.17) is 14.2 Å². The van der Waals surface area contributed by atoms with E-state index in [0.29, 0.717) is 19.3 Å². The molecule has 362 valence electrons. The lowest BCUT2D eigenvalue weighted by Crippen LogP contribution is -2.30. The van der Waals surface area contributed by atoms with Crippen LogP contribution in [0, 0.1) is 17.8 Å². The Morgan fingerprint density at radius 1 is 0.279 bits per heavy atom. The van der Waals surface area contributed by atoms with E-state index in [0.717, 1.165) is 75.5 Å². The fourth-order valence-corrected chi connectivity index (χ4v) is 8.29. The van der Waals surface area contributed by atoms with E-state index in [-0.39, 0.29) is 31.1 Å². The molecule has 6 heteroatoms. The first-order valence-corrected chi connectivity index (χ1v) is 27.1. The summed E-state index contributed by atoms with van der Waals surface area (Å²) in [5.74, 6) is 1.62. The normalized spacial score (nSPS) is 12.1. The van der Waals surface area contributed by atoms with Crippen molar-refractivity contribution in [3.63, 3.8) is 0 Å². The van der Waals surface area contributed by atoms with Crippen molar-refractivity contribution in [2.45, 2.75) is 304 Å². The van der Waals surface area contributed by atoms with Crippen molar-refractivity contribution in [2.75, 3.05) is 13.2 Å². The quantitative estimate of drug-likeness (QED) is 0.0344. The first kappa shape index (κ1) is 59.4. The molecule has 0 amide bonds. The molecule has 0 rings (SSSR count). The van der Waals surface area contributed by atoms with Gasteiger partial charge in [-0.05, 0) is 37.0 Å². The molecule has 0 bridgehead atoms. The highest BCUT2D eigenvalue weighted by molar-refractivity contribution is 5.71. The number of ether oxygens (including phenoxy) is 3. The number of esters is 3. The van der Waals surface area contributed by atoms with Gasteiger partial charge in [-0.25, -0.2) is 0 Å². The van der Waals surface area contributed by atoms with Crippen LogP contribution in [0.1, 0.15) is 298 Å². The maximum absolute atomic E-state index is 12.8. The second kappa shape index (κ2) is 46.4. The monoisotopic (exact) mass is 863 g/mol. The maximum atomic E-state index is 12.8. The van der Waals surface area contributed by atoms with Crippen molar-refractivity contribution in [1.29, 1.82) is 0 Å². The second-order valence-corrected chi connectivity index (χ2v) is 20.3. The molecule has 0 aliphatic heterocycles. The van der Waals surface area contributed by atoms with Crippen molar-refractivity contribution >= 4 is 17.9 Å². The minimum atomic E-state index is -0.763. The minimum absolute atomic E-state index is 0.0646. The third-order valence-corrected chi connectivity index (χ3v) is 12.4. The lowest BCUT2D eigenvalue weighted by atomic mass is 10.0. The SMILES string of the molecule is CC(C)CCCCCCCCCCCCCCCCC(=O)OC[C@@H](COC(=O)CCCCCCCCCCCCCCC(C)C)OC(=O)CCCCCCCCCCC(C)C. The zero-order valence-electron chi connectivity index (χ0n) is 42.0. The Balaban J connectivity index is 4.27. The van der Waals surface area contributed by atoms with Gasteiger partial charge in [0.25, 0.3) is 0 Å². The zero-order valence-corrected chi connectivity index (χ0v) is 42.0. The highest BCUT2D eigenvalue weighted by Gasteiger charge is 2.19. The van der Waals surface area contributed by atoms with Crippen LogP contribution in [0.3, 0.4) is 0 Å². The number of unbranched alkanes of at least 4 members (excludes halogenated alkanes) is 31. The van der Waals surface area contributed by atoms with Gasteiger partial charge in [0.15, 0.2) is 6.10 Å². The van der Waals surface area contributed by atoms with E-state index in [1.54, 1.807) is 0 Å². The Kier molecular flexibility index (Phi) is 45.2. The maximum Gasteiger partial charge on any atom is 0.306 e. The summed E-state index contributed by atoms with van der Waals surface area (Å²) >= 11 is 0. The van der Waals surface area contributed by atoms with Crippen molar-refractivity contribution < 1.29 is 28.6 Å². The highest BCUT2D eigenvalue weighted by atomic mass is 16.6. The van der Waals surface area contributed by atoms with Crippen LogP contribution < -0.4 is 0 Å². The molecule has 1 atom stereocenters. The number of hydrogen-bond donors (Lipinski definition) is 0. The Bertz CT molecular complexity index is 945. The Morgan fingerprint density at radius 3 is 0.705 bits per heavy atom. The Hall–Kier alpha value is -1.59. The van der Waals surface area contributed by atoms with Gasteiger partial charge in [-0.15, -0.1) is 0 Å². The predicted octanol–water partition coefficient (Wildman–Crippen LogP) is 17.6. The van der Waals surface area contributed by atoms with Crippen LogP contribution in [0.4, 0.5) is 0 Å². The van der Waals surface area contributed by atoms with E-state index in [1.807, 2.05) is 0 Å². The van der Waals surface area contributed by atoms with E-state index >= 15 is 0 Å². The number of carbonyl (C=O) groups is 3. The van der Waals surface area contributed by atoms with Crippen molar-refractivity contribution in [1.82, 2.24) is 0 Å². The van der Waals surface area contributed by atoms with E-state index in [9.17, 15) is 14.4 Å². The van der Waals surface area contributed by atoms with E-state index in [2.05, 4.69) is 41.5 Å². The predicted molar refractivity (Wildman–Crippen MR) is 261 cm³/mol. The van der Waals surface area contributed by atoms with Gasteiger partial charge in [-0.3, -0.25) is 14.4 Å². The van der Waals surface area contributed by atoms with Gasteiger partial charge in [-0.2, -0.15) is 0 Å². The molecule has 0 spiro atoms. The summed E-state index contributed by atoms with van der Waals surface area (Å²) in [6.07, 6.45) is 46.7. The topological polar surface area (TPSA) is 78.9 Å².